The highest BCUT2D eigenvalue weighted by atomic mass is 15.2. The molecule has 0 bridgehead atoms. The molecule has 0 amide bonds. The molecule has 0 saturated heterocycles. The molecule has 0 radical (unpaired) electrons. The van der Waals surface area contributed by atoms with Gasteiger partial charge in [0.1, 0.15) is 11.6 Å². The zero-order valence-electron chi connectivity index (χ0n) is 10.1. The maximum atomic E-state index is 8.80. The molecule has 2 heterocycles. The van der Waals surface area contributed by atoms with E-state index in [1.807, 2.05) is 42.5 Å². The molecule has 3 aromatic rings. The Hall–Kier alpha value is -3.11. The highest BCUT2D eigenvalue weighted by Crippen LogP contribution is 2.10. The zero-order chi connectivity index (χ0) is 13.5. The summed E-state index contributed by atoms with van der Waals surface area (Å²) in [7, 11) is 0. The van der Waals surface area contributed by atoms with Crippen molar-refractivity contribution in [3.8, 4) is 18.4 Å². The molecule has 90 valence electrons. The summed E-state index contributed by atoms with van der Waals surface area (Å²) >= 11 is 0. The van der Waals surface area contributed by atoms with Crippen LogP contribution < -0.4 is 0 Å². The van der Waals surface area contributed by atoms with Gasteiger partial charge in [0.2, 0.25) is 0 Å². The Kier molecular flexibility index (Phi) is 3.90. The maximum Gasteiger partial charge on any atom is 0.174 e. The number of aromatic nitrogens is 3. The monoisotopic (exact) mass is 246 g/mol. The fraction of sp³-hybridized carbons (Fsp3) is 0. The van der Waals surface area contributed by atoms with Crippen molar-refractivity contribution in [2.75, 3.05) is 0 Å². The molecule has 4 nitrogen and oxygen atoms in total. The molecule has 0 aliphatic heterocycles. The molecular weight excluding hydrogens is 236 g/mol. The topological polar surface area (TPSA) is 54.0 Å². The van der Waals surface area contributed by atoms with E-state index in [9.17, 15) is 0 Å². The Morgan fingerprint density at radius 3 is 2.21 bits per heavy atom. The van der Waals surface area contributed by atoms with Crippen molar-refractivity contribution >= 4 is 5.65 Å². The summed E-state index contributed by atoms with van der Waals surface area (Å²) in [5.41, 5.74) is 1.18. The molecule has 0 aliphatic carbocycles. The quantitative estimate of drug-likeness (QED) is 0.572. The molecule has 1 aromatic carbocycles. The molecule has 4 heteroatoms. The van der Waals surface area contributed by atoms with Crippen molar-refractivity contribution in [3.05, 3.63) is 66.1 Å². The number of nitrogens with zero attached hydrogens (tertiary/aromatic N) is 4. The van der Waals surface area contributed by atoms with Crippen LogP contribution in [-0.2, 0) is 0 Å². The van der Waals surface area contributed by atoms with Crippen molar-refractivity contribution < 1.29 is 0 Å². The Morgan fingerprint density at radius 2 is 1.68 bits per heavy atom. The van der Waals surface area contributed by atoms with Crippen LogP contribution >= 0.6 is 0 Å². The number of hydrogen-bond acceptors (Lipinski definition) is 3. The SMILES string of the molecule is C#Cc1nn2cccnc2c1C#N.c1ccccc1. The second-order valence-corrected chi connectivity index (χ2v) is 3.52. The van der Waals surface area contributed by atoms with E-state index >= 15 is 0 Å². The third-order valence-electron chi connectivity index (χ3n) is 2.31. The predicted molar refractivity (Wildman–Crippen MR) is 72.1 cm³/mol. The first-order valence-electron chi connectivity index (χ1n) is 5.57. The molecule has 0 N–H and O–H groups in total. The summed E-state index contributed by atoms with van der Waals surface area (Å²) in [6.45, 7) is 0. The van der Waals surface area contributed by atoms with Crippen molar-refractivity contribution in [2.45, 2.75) is 0 Å². The van der Waals surface area contributed by atoms with Crippen LogP contribution in [0.2, 0.25) is 0 Å². The van der Waals surface area contributed by atoms with E-state index in [2.05, 4.69) is 16.0 Å². The highest BCUT2D eigenvalue weighted by molar-refractivity contribution is 5.60. The van der Waals surface area contributed by atoms with Gasteiger partial charge < -0.3 is 0 Å². The number of hydrogen-bond donors (Lipinski definition) is 0. The molecule has 2 aromatic heterocycles. The first-order chi connectivity index (χ1) is 9.36. The van der Waals surface area contributed by atoms with Crippen LogP contribution in [0.3, 0.4) is 0 Å². The van der Waals surface area contributed by atoms with Gasteiger partial charge in [0.15, 0.2) is 11.3 Å². The maximum absolute atomic E-state index is 8.80. The predicted octanol–water partition coefficient (Wildman–Crippen LogP) is 2.27. The van der Waals surface area contributed by atoms with E-state index in [-0.39, 0.29) is 0 Å². The standard InChI is InChI=1S/C9H4N4.C6H6/c1-2-8-7(6-10)9-11-4-3-5-13(9)12-8;1-2-4-6-5-3-1/h1,3-5H;1-6H. The van der Waals surface area contributed by atoms with Gasteiger partial charge in [-0.05, 0) is 12.0 Å². The summed E-state index contributed by atoms with van der Waals surface area (Å²) in [6, 6.07) is 15.7. The molecule has 3 rings (SSSR count). The summed E-state index contributed by atoms with van der Waals surface area (Å²) in [4.78, 5) is 4.00. The smallest absolute Gasteiger partial charge is 0.174 e. The van der Waals surface area contributed by atoms with Crippen molar-refractivity contribution in [1.82, 2.24) is 14.6 Å². The Morgan fingerprint density at radius 1 is 1.05 bits per heavy atom. The number of benzene rings is 1. The van der Waals surface area contributed by atoms with Gasteiger partial charge in [-0.25, -0.2) is 9.50 Å². The molecule has 0 atom stereocenters. The van der Waals surface area contributed by atoms with Crippen molar-refractivity contribution in [3.63, 3.8) is 0 Å². The molecule has 19 heavy (non-hydrogen) atoms. The number of rotatable bonds is 0. The Bertz CT molecular complexity index is 718. The Balaban J connectivity index is 0.000000186. The van der Waals surface area contributed by atoms with Crippen LogP contribution in [0.15, 0.2) is 54.9 Å². The number of nitriles is 1. The molecular formula is C15H10N4. The van der Waals surface area contributed by atoms with Crippen LogP contribution in [-0.4, -0.2) is 14.6 Å². The fourth-order valence-electron chi connectivity index (χ4n) is 1.48. The molecule has 0 fully saturated rings. The minimum atomic E-state index is 0.334. The van der Waals surface area contributed by atoms with Gasteiger partial charge in [0.05, 0.1) is 0 Å². The number of fused-ring (bicyclic) bond motifs is 1. The van der Waals surface area contributed by atoms with Gasteiger partial charge >= 0.3 is 0 Å². The van der Waals surface area contributed by atoms with Crippen molar-refractivity contribution in [2.24, 2.45) is 0 Å². The molecule has 0 aliphatic rings. The van der Waals surface area contributed by atoms with Crippen LogP contribution in [0, 0.1) is 23.7 Å². The lowest BCUT2D eigenvalue weighted by atomic mass is 10.2. The molecule has 0 spiro atoms. The third-order valence-corrected chi connectivity index (χ3v) is 2.31. The van der Waals surface area contributed by atoms with Crippen LogP contribution in [0.1, 0.15) is 11.3 Å². The van der Waals surface area contributed by atoms with Gasteiger partial charge in [0.25, 0.3) is 0 Å². The highest BCUT2D eigenvalue weighted by Gasteiger charge is 2.10. The summed E-state index contributed by atoms with van der Waals surface area (Å²) in [5, 5.41) is 12.8. The second kappa shape index (κ2) is 6.00. The third kappa shape index (κ3) is 2.77. The van der Waals surface area contributed by atoms with Gasteiger partial charge in [-0.15, -0.1) is 6.42 Å². The van der Waals surface area contributed by atoms with E-state index in [0.29, 0.717) is 16.9 Å². The first kappa shape index (κ1) is 12.3. The second-order valence-electron chi connectivity index (χ2n) is 3.52. The lowest BCUT2D eigenvalue weighted by Gasteiger charge is -1.87. The van der Waals surface area contributed by atoms with Crippen molar-refractivity contribution in [1.29, 1.82) is 5.26 Å². The van der Waals surface area contributed by atoms with Crippen LogP contribution in [0.25, 0.3) is 5.65 Å². The average molecular weight is 246 g/mol. The zero-order valence-corrected chi connectivity index (χ0v) is 10.1. The van der Waals surface area contributed by atoms with Gasteiger partial charge in [-0.2, -0.15) is 10.4 Å². The van der Waals surface area contributed by atoms with Crippen LogP contribution in [0.5, 0.6) is 0 Å². The van der Waals surface area contributed by atoms with E-state index in [1.165, 1.54) is 4.52 Å². The summed E-state index contributed by atoms with van der Waals surface area (Å²) < 4.78 is 1.49. The fourth-order valence-corrected chi connectivity index (χ4v) is 1.48. The summed E-state index contributed by atoms with van der Waals surface area (Å²) in [6.07, 6.45) is 8.48. The van der Waals surface area contributed by atoms with E-state index in [1.54, 1.807) is 18.5 Å². The minimum Gasteiger partial charge on any atom is -0.236 e. The first-order valence-corrected chi connectivity index (χ1v) is 5.57. The Labute approximate surface area is 111 Å². The molecule has 0 saturated carbocycles. The number of terminal acetylenes is 1. The van der Waals surface area contributed by atoms with Gasteiger partial charge in [-0.1, -0.05) is 36.4 Å². The lowest BCUT2D eigenvalue weighted by molar-refractivity contribution is 0.932. The lowest BCUT2D eigenvalue weighted by Crippen LogP contribution is -1.87. The van der Waals surface area contributed by atoms with Gasteiger partial charge in [-0.3, -0.25) is 0 Å². The van der Waals surface area contributed by atoms with Gasteiger partial charge in [0, 0.05) is 12.4 Å². The molecule has 0 unspecified atom stereocenters. The van der Waals surface area contributed by atoms with E-state index < -0.39 is 0 Å². The normalized spacial score (nSPS) is 8.95. The van der Waals surface area contributed by atoms with E-state index in [4.69, 9.17) is 11.7 Å². The minimum absolute atomic E-state index is 0.334. The van der Waals surface area contributed by atoms with Crippen LogP contribution in [0.4, 0.5) is 0 Å². The van der Waals surface area contributed by atoms with E-state index in [0.717, 1.165) is 0 Å². The average Bonchev–Trinajstić information content (AvgIpc) is 2.87. The summed E-state index contributed by atoms with van der Waals surface area (Å²) in [5.74, 6) is 2.34. The largest absolute Gasteiger partial charge is 0.236 e.